The average Bonchev–Trinajstić information content (AvgIpc) is 3.39. The standard InChI is InChI=1S/C34H39N7O3/c1-22(2)13-31(36)34(43)44-23(3)41-21-30(25-10-7-9-24(14-25)17-35)29-16-27(19-38-33(29)41)26-15-28(20-37-18-26)40(6)32(42)11-8-12-39(4)5/h7-11,14-16,18-23,31H,12-13,36H2,1-6H3/b11-8+/t23?,31-/m0/s1. The fourth-order valence-corrected chi connectivity index (χ4v) is 4.84. The molecule has 4 rings (SSSR count). The predicted molar refractivity (Wildman–Crippen MR) is 172 cm³/mol. The second kappa shape index (κ2) is 14.1. The van der Waals surface area contributed by atoms with Gasteiger partial charge in [0.2, 0.25) is 5.91 Å². The monoisotopic (exact) mass is 593 g/mol. The summed E-state index contributed by atoms with van der Waals surface area (Å²) in [6, 6.07) is 12.7. The Morgan fingerprint density at radius 3 is 2.52 bits per heavy atom. The van der Waals surface area contributed by atoms with E-state index in [1.807, 2.05) is 75.4 Å². The van der Waals surface area contributed by atoms with E-state index in [4.69, 9.17) is 15.5 Å². The minimum Gasteiger partial charge on any atom is -0.440 e. The zero-order valence-electron chi connectivity index (χ0n) is 26.1. The summed E-state index contributed by atoms with van der Waals surface area (Å²) in [4.78, 5) is 38.2. The molecule has 1 unspecified atom stereocenters. The summed E-state index contributed by atoms with van der Waals surface area (Å²) in [7, 11) is 5.58. The second-order valence-electron chi connectivity index (χ2n) is 11.5. The van der Waals surface area contributed by atoms with E-state index in [-0.39, 0.29) is 11.8 Å². The second-order valence-corrected chi connectivity index (χ2v) is 11.5. The molecular formula is C34H39N7O3. The summed E-state index contributed by atoms with van der Waals surface area (Å²) < 4.78 is 7.57. The molecule has 0 bridgehead atoms. The lowest BCUT2D eigenvalue weighted by atomic mass is 10.0. The van der Waals surface area contributed by atoms with Crippen LogP contribution >= 0.6 is 0 Å². The molecule has 228 valence electrons. The van der Waals surface area contributed by atoms with Crippen molar-refractivity contribution in [3.05, 3.63) is 78.9 Å². The first-order valence-electron chi connectivity index (χ1n) is 14.5. The van der Waals surface area contributed by atoms with E-state index >= 15 is 0 Å². The maximum absolute atomic E-state index is 12.8. The number of esters is 1. The van der Waals surface area contributed by atoms with Crippen LogP contribution in [0, 0.1) is 17.2 Å². The highest BCUT2D eigenvalue weighted by molar-refractivity contribution is 6.01. The van der Waals surface area contributed by atoms with Crippen LogP contribution in [0.3, 0.4) is 0 Å². The fourth-order valence-electron chi connectivity index (χ4n) is 4.84. The van der Waals surface area contributed by atoms with Gasteiger partial charge in [-0.1, -0.05) is 32.1 Å². The first-order valence-corrected chi connectivity index (χ1v) is 14.5. The van der Waals surface area contributed by atoms with Gasteiger partial charge in [0.05, 0.1) is 23.5 Å². The molecule has 0 spiro atoms. The molecule has 3 heterocycles. The van der Waals surface area contributed by atoms with Gasteiger partial charge in [0.25, 0.3) is 0 Å². The number of benzene rings is 1. The number of anilines is 1. The molecule has 10 nitrogen and oxygen atoms in total. The molecule has 0 aliphatic rings. The van der Waals surface area contributed by atoms with E-state index in [9.17, 15) is 14.9 Å². The third-order valence-electron chi connectivity index (χ3n) is 7.18. The molecule has 10 heteroatoms. The molecule has 0 saturated heterocycles. The third-order valence-corrected chi connectivity index (χ3v) is 7.18. The Morgan fingerprint density at radius 1 is 1.07 bits per heavy atom. The van der Waals surface area contributed by atoms with E-state index in [0.29, 0.717) is 29.9 Å². The summed E-state index contributed by atoms with van der Waals surface area (Å²) in [5.41, 5.74) is 11.1. The van der Waals surface area contributed by atoms with Crippen LogP contribution < -0.4 is 10.6 Å². The average molecular weight is 594 g/mol. The summed E-state index contributed by atoms with van der Waals surface area (Å²) in [5.74, 6) is -0.381. The topological polar surface area (TPSA) is 130 Å². The van der Waals surface area contributed by atoms with Crippen molar-refractivity contribution in [3.63, 3.8) is 0 Å². The van der Waals surface area contributed by atoms with Crippen LogP contribution in [0.15, 0.2) is 73.3 Å². The first kappa shape index (κ1) is 32.1. The number of amides is 1. The zero-order chi connectivity index (χ0) is 32.0. The minimum absolute atomic E-state index is 0.159. The van der Waals surface area contributed by atoms with E-state index < -0.39 is 18.2 Å². The lowest BCUT2D eigenvalue weighted by Crippen LogP contribution is -2.34. The third kappa shape index (κ3) is 7.56. The molecule has 0 saturated carbocycles. The van der Waals surface area contributed by atoms with Crippen molar-refractivity contribution < 1.29 is 14.3 Å². The highest BCUT2D eigenvalue weighted by Crippen LogP contribution is 2.35. The number of fused-ring (bicyclic) bond motifs is 1. The molecule has 0 aliphatic heterocycles. The van der Waals surface area contributed by atoms with Crippen molar-refractivity contribution >= 4 is 28.6 Å². The Labute approximate surface area is 258 Å². The summed E-state index contributed by atoms with van der Waals surface area (Å²) in [6.45, 7) is 6.44. The number of likely N-dealkylation sites (N-methyl/N-ethyl adjacent to an activating group) is 2. The van der Waals surface area contributed by atoms with Crippen molar-refractivity contribution in [1.29, 1.82) is 5.26 Å². The molecule has 4 aromatic rings. The highest BCUT2D eigenvalue weighted by atomic mass is 16.6. The minimum atomic E-state index is -0.723. The Hall–Kier alpha value is -4.85. The maximum atomic E-state index is 12.8. The Bertz CT molecular complexity index is 1720. The van der Waals surface area contributed by atoms with Gasteiger partial charge in [-0.3, -0.25) is 19.1 Å². The number of hydrogen-bond donors (Lipinski definition) is 1. The number of hydrogen-bond acceptors (Lipinski definition) is 8. The fraction of sp³-hybridized carbons (Fsp3) is 0.324. The number of pyridine rings is 2. The van der Waals surface area contributed by atoms with Crippen LogP contribution in [0.4, 0.5) is 5.69 Å². The highest BCUT2D eigenvalue weighted by Gasteiger charge is 2.23. The number of nitrogens with zero attached hydrogens (tertiary/aromatic N) is 6. The molecule has 2 atom stereocenters. The van der Waals surface area contributed by atoms with Crippen LogP contribution in [0.5, 0.6) is 0 Å². The van der Waals surface area contributed by atoms with Crippen molar-refractivity contribution in [2.45, 2.75) is 39.5 Å². The van der Waals surface area contributed by atoms with Crippen LogP contribution in [0.2, 0.25) is 0 Å². The van der Waals surface area contributed by atoms with Gasteiger partial charge in [-0.05, 0) is 63.2 Å². The van der Waals surface area contributed by atoms with Crippen LogP contribution in [0.25, 0.3) is 33.3 Å². The predicted octanol–water partition coefficient (Wildman–Crippen LogP) is 5.15. The molecule has 3 aromatic heterocycles. The van der Waals surface area contributed by atoms with Gasteiger partial charge >= 0.3 is 5.97 Å². The number of nitrogens with two attached hydrogens (primary N) is 1. The molecule has 44 heavy (non-hydrogen) atoms. The van der Waals surface area contributed by atoms with Gasteiger partial charge in [0.1, 0.15) is 11.7 Å². The lowest BCUT2D eigenvalue weighted by Gasteiger charge is -2.19. The van der Waals surface area contributed by atoms with Gasteiger partial charge in [0.15, 0.2) is 6.23 Å². The molecule has 1 amide bonds. The number of carbonyl (C=O) groups is 2. The van der Waals surface area contributed by atoms with Crippen molar-refractivity contribution in [2.24, 2.45) is 11.7 Å². The first-order chi connectivity index (χ1) is 21.0. The smallest absolute Gasteiger partial charge is 0.324 e. The number of carbonyl (C=O) groups excluding carboxylic acids is 2. The molecular weight excluding hydrogens is 554 g/mol. The van der Waals surface area contributed by atoms with Crippen LogP contribution in [-0.4, -0.2) is 65.0 Å². The Morgan fingerprint density at radius 2 is 1.82 bits per heavy atom. The molecule has 1 aromatic carbocycles. The molecule has 0 aliphatic carbocycles. The number of ether oxygens (including phenoxy) is 1. The molecule has 0 fully saturated rings. The lowest BCUT2D eigenvalue weighted by molar-refractivity contribution is -0.154. The van der Waals surface area contributed by atoms with Crippen molar-refractivity contribution in [2.75, 3.05) is 32.6 Å². The van der Waals surface area contributed by atoms with E-state index in [1.54, 1.807) is 54.2 Å². The van der Waals surface area contributed by atoms with Gasteiger partial charge in [-0.2, -0.15) is 5.26 Å². The maximum Gasteiger partial charge on any atom is 0.324 e. The zero-order valence-corrected chi connectivity index (χ0v) is 26.1. The molecule has 2 N–H and O–H groups in total. The van der Waals surface area contributed by atoms with E-state index in [2.05, 4.69) is 11.1 Å². The normalized spacial score (nSPS) is 12.9. The Kier molecular flexibility index (Phi) is 10.3. The number of rotatable bonds is 11. The summed E-state index contributed by atoms with van der Waals surface area (Å²) in [5, 5.41) is 10.3. The van der Waals surface area contributed by atoms with Crippen molar-refractivity contribution in [3.8, 4) is 28.3 Å². The number of nitriles is 1. The van der Waals surface area contributed by atoms with Crippen LogP contribution in [0.1, 0.15) is 39.0 Å². The Balaban J connectivity index is 1.74. The van der Waals surface area contributed by atoms with E-state index in [1.165, 1.54) is 0 Å². The largest absolute Gasteiger partial charge is 0.440 e. The number of aromatic nitrogens is 3. The van der Waals surface area contributed by atoms with Gasteiger partial charge in [-0.15, -0.1) is 0 Å². The van der Waals surface area contributed by atoms with Gasteiger partial charge in [-0.25, -0.2) is 4.98 Å². The van der Waals surface area contributed by atoms with E-state index in [0.717, 1.165) is 27.6 Å². The van der Waals surface area contributed by atoms with Gasteiger partial charge in [0, 0.05) is 60.3 Å². The quantitative estimate of drug-likeness (QED) is 0.187. The molecule has 0 radical (unpaired) electrons. The summed E-state index contributed by atoms with van der Waals surface area (Å²) >= 11 is 0. The SMILES string of the molecule is CC(C)C[C@H](N)C(=O)OC(C)n1cc(-c2cccc(C#N)c2)c2cc(-c3cncc(N(C)C(=O)/C=C/CN(C)C)c3)cnc21. The summed E-state index contributed by atoms with van der Waals surface area (Å²) in [6.07, 6.45) is 10.2. The van der Waals surface area contributed by atoms with Gasteiger partial charge < -0.3 is 20.3 Å². The van der Waals surface area contributed by atoms with Crippen LogP contribution in [-0.2, 0) is 14.3 Å². The van der Waals surface area contributed by atoms with Crippen molar-refractivity contribution in [1.82, 2.24) is 19.4 Å².